The van der Waals surface area contributed by atoms with Crippen molar-refractivity contribution in [1.82, 2.24) is 15.6 Å². The summed E-state index contributed by atoms with van der Waals surface area (Å²) in [5.74, 6) is 0. The molecule has 1 aliphatic heterocycles. The Morgan fingerprint density at radius 3 is 3.12 bits per heavy atom. The molecule has 17 heavy (non-hydrogen) atoms. The van der Waals surface area contributed by atoms with Crippen molar-refractivity contribution in [2.24, 2.45) is 0 Å². The van der Waals surface area contributed by atoms with E-state index in [0.29, 0.717) is 13.1 Å². The van der Waals surface area contributed by atoms with Crippen molar-refractivity contribution >= 4 is 0 Å². The fourth-order valence-electron chi connectivity index (χ4n) is 2.16. The smallest absolute Gasteiger partial charge is 0.0907 e. The lowest BCUT2D eigenvalue weighted by Gasteiger charge is -2.21. The molecule has 0 spiro atoms. The van der Waals surface area contributed by atoms with E-state index in [1.807, 2.05) is 25.1 Å². The van der Waals surface area contributed by atoms with Crippen LogP contribution in [0.2, 0.25) is 0 Å². The summed E-state index contributed by atoms with van der Waals surface area (Å²) in [7, 11) is 0. The molecule has 0 saturated carbocycles. The van der Waals surface area contributed by atoms with Crippen LogP contribution in [0.25, 0.3) is 0 Å². The van der Waals surface area contributed by atoms with Crippen molar-refractivity contribution in [3.05, 3.63) is 29.6 Å². The van der Waals surface area contributed by atoms with Gasteiger partial charge in [0.25, 0.3) is 0 Å². The molecule has 0 radical (unpaired) electrons. The van der Waals surface area contributed by atoms with Crippen molar-refractivity contribution in [3.63, 3.8) is 0 Å². The van der Waals surface area contributed by atoms with E-state index >= 15 is 0 Å². The third-order valence-corrected chi connectivity index (χ3v) is 3.18. The summed E-state index contributed by atoms with van der Waals surface area (Å²) in [5.41, 5.74) is 1.61. The van der Waals surface area contributed by atoms with Gasteiger partial charge < -0.3 is 15.7 Å². The van der Waals surface area contributed by atoms with Crippen LogP contribution in [0.5, 0.6) is 0 Å². The molecule has 4 heteroatoms. The topological polar surface area (TPSA) is 57.2 Å². The van der Waals surface area contributed by atoms with E-state index in [0.717, 1.165) is 37.3 Å². The SMILES string of the molecule is Cc1cccc(CCNCC2(O)CCNC2)n1. The molecule has 1 aromatic rings. The average Bonchev–Trinajstić information content (AvgIpc) is 2.72. The van der Waals surface area contributed by atoms with Crippen LogP contribution < -0.4 is 10.6 Å². The van der Waals surface area contributed by atoms with Crippen molar-refractivity contribution in [2.45, 2.75) is 25.4 Å². The Morgan fingerprint density at radius 2 is 2.41 bits per heavy atom. The number of nitrogens with zero attached hydrogens (tertiary/aromatic N) is 1. The maximum absolute atomic E-state index is 10.1. The highest BCUT2D eigenvalue weighted by molar-refractivity contribution is 5.10. The highest BCUT2D eigenvalue weighted by Crippen LogP contribution is 2.12. The molecule has 1 unspecified atom stereocenters. The molecule has 0 aromatic carbocycles. The van der Waals surface area contributed by atoms with Crippen molar-refractivity contribution in [3.8, 4) is 0 Å². The van der Waals surface area contributed by atoms with Crippen LogP contribution in [-0.4, -0.2) is 41.9 Å². The third kappa shape index (κ3) is 3.77. The van der Waals surface area contributed by atoms with E-state index in [2.05, 4.69) is 15.6 Å². The van der Waals surface area contributed by atoms with Gasteiger partial charge in [0, 0.05) is 37.4 Å². The number of aromatic nitrogens is 1. The predicted molar refractivity (Wildman–Crippen MR) is 68.0 cm³/mol. The number of aliphatic hydroxyl groups is 1. The highest BCUT2D eigenvalue weighted by atomic mass is 16.3. The van der Waals surface area contributed by atoms with Crippen LogP contribution >= 0.6 is 0 Å². The van der Waals surface area contributed by atoms with Crippen LogP contribution in [-0.2, 0) is 6.42 Å². The minimum atomic E-state index is -0.556. The molecule has 1 aliphatic rings. The Labute approximate surface area is 102 Å². The molecule has 1 saturated heterocycles. The first kappa shape index (κ1) is 12.5. The lowest BCUT2D eigenvalue weighted by Crippen LogP contribution is -2.42. The number of hydrogen-bond acceptors (Lipinski definition) is 4. The van der Waals surface area contributed by atoms with E-state index in [9.17, 15) is 5.11 Å². The van der Waals surface area contributed by atoms with Crippen LogP contribution in [0, 0.1) is 6.92 Å². The number of aryl methyl sites for hydroxylation is 1. The Morgan fingerprint density at radius 1 is 1.53 bits per heavy atom. The molecule has 4 nitrogen and oxygen atoms in total. The Balaban J connectivity index is 1.69. The average molecular weight is 235 g/mol. The van der Waals surface area contributed by atoms with Gasteiger partial charge in [0.05, 0.1) is 5.60 Å². The second kappa shape index (κ2) is 5.58. The fraction of sp³-hybridized carbons (Fsp3) is 0.615. The van der Waals surface area contributed by atoms with E-state index in [4.69, 9.17) is 0 Å². The standard InChI is InChI=1S/C13H21N3O/c1-11-3-2-4-12(16-11)5-7-14-9-13(17)6-8-15-10-13/h2-4,14-15,17H,5-10H2,1H3. The molecule has 0 aliphatic carbocycles. The van der Waals surface area contributed by atoms with Crippen LogP contribution in [0.15, 0.2) is 18.2 Å². The molecular weight excluding hydrogens is 214 g/mol. The zero-order chi connectivity index (χ0) is 12.1. The van der Waals surface area contributed by atoms with Gasteiger partial charge in [-0.05, 0) is 32.0 Å². The summed E-state index contributed by atoms with van der Waals surface area (Å²) >= 11 is 0. The summed E-state index contributed by atoms with van der Waals surface area (Å²) in [6, 6.07) is 6.08. The molecule has 94 valence electrons. The Hall–Kier alpha value is -0.970. The number of nitrogens with one attached hydrogen (secondary N) is 2. The molecule has 1 aromatic heterocycles. The minimum Gasteiger partial charge on any atom is -0.387 e. The van der Waals surface area contributed by atoms with Gasteiger partial charge in [-0.25, -0.2) is 0 Å². The van der Waals surface area contributed by atoms with E-state index in [1.165, 1.54) is 0 Å². The predicted octanol–water partition coefficient (Wildman–Crippen LogP) is 0.247. The van der Waals surface area contributed by atoms with Crippen molar-refractivity contribution < 1.29 is 5.11 Å². The van der Waals surface area contributed by atoms with Crippen LogP contribution in [0.3, 0.4) is 0 Å². The minimum absolute atomic E-state index is 0.556. The van der Waals surface area contributed by atoms with Gasteiger partial charge in [0.15, 0.2) is 0 Å². The van der Waals surface area contributed by atoms with E-state index in [-0.39, 0.29) is 0 Å². The molecule has 2 rings (SSSR count). The highest BCUT2D eigenvalue weighted by Gasteiger charge is 2.30. The maximum atomic E-state index is 10.1. The Bertz CT molecular complexity index is 361. The molecule has 2 heterocycles. The van der Waals surface area contributed by atoms with Crippen LogP contribution in [0.1, 0.15) is 17.8 Å². The zero-order valence-electron chi connectivity index (χ0n) is 10.4. The van der Waals surface area contributed by atoms with Gasteiger partial charge in [-0.15, -0.1) is 0 Å². The normalized spacial score (nSPS) is 24.1. The summed E-state index contributed by atoms with van der Waals surface area (Å²) in [5, 5.41) is 16.6. The molecule has 1 atom stereocenters. The summed E-state index contributed by atoms with van der Waals surface area (Å²) in [6.45, 7) is 5.13. The lowest BCUT2D eigenvalue weighted by atomic mass is 10.0. The van der Waals surface area contributed by atoms with E-state index in [1.54, 1.807) is 0 Å². The Kier molecular flexibility index (Phi) is 4.10. The molecule has 0 amide bonds. The van der Waals surface area contributed by atoms with Gasteiger partial charge in [-0.3, -0.25) is 4.98 Å². The monoisotopic (exact) mass is 235 g/mol. The van der Waals surface area contributed by atoms with Crippen molar-refractivity contribution in [1.29, 1.82) is 0 Å². The van der Waals surface area contributed by atoms with E-state index < -0.39 is 5.60 Å². The second-order valence-corrected chi connectivity index (χ2v) is 4.85. The van der Waals surface area contributed by atoms with Gasteiger partial charge in [-0.1, -0.05) is 6.07 Å². The van der Waals surface area contributed by atoms with Crippen LogP contribution in [0.4, 0.5) is 0 Å². The maximum Gasteiger partial charge on any atom is 0.0907 e. The zero-order valence-corrected chi connectivity index (χ0v) is 10.4. The molecule has 0 bridgehead atoms. The molecule has 3 N–H and O–H groups in total. The number of hydrogen-bond donors (Lipinski definition) is 3. The second-order valence-electron chi connectivity index (χ2n) is 4.85. The third-order valence-electron chi connectivity index (χ3n) is 3.18. The van der Waals surface area contributed by atoms with Gasteiger partial charge in [0.2, 0.25) is 0 Å². The summed E-state index contributed by atoms with van der Waals surface area (Å²) < 4.78 is 0. The summed E-state index contributed by atoms with van der Waals surface area (Å²) in [6.07, 6.45) is 1.74. The van der Waals surface area contributed by atoms with Gasteiger partial charge in [-0.2, -0.15) is 0 Å². The first-order chi connectivity index (χ1) is 8.18. The summed E-state index contributed by atoms with van der Waals surface area (Å²) in [4.78, 5) is 4.44. The first-order valence-electron chi connectivity index (χ1n) is 6.24. The van der Waals surface area contributed by atoms with Gasteiger partial charge >= 0.3 is 0 Å². The molecule has 1 fully saturated rings. The van der Waals surface area contributed by atoms with Crippen molar-refractivity contribution in [2.75, 3.05) is 26.2 Å². The fourth-order valence-corrected chi connectivity index (χ4v) is 2.16. The number of pyridine rings is 1. The lowest BCUT2D eigenvalue weighted by molar-refractivity contribution is 0.0614. The number of β-amino-alcohol motifs (C(OH)–C–C–N with tert-alkyl or cyclic N) is 1. The quantitative estimate of drug-likeness (QED) is 0.640. The largest absolute Gasteiger partial charge is 0.387 e. The van der Waals surface area contributed by atoms with Gasteiger partial charge in [0.1, 0.15) is 0 Å². The number of rotatable bonds is 5. The first-order valence-corrected chi connectivity index (χ1v) is 6.24. The molecular formula is C13H21N3O.